The Morgan fingerprint density at radius 1 is 1.15 bits per heavy atom. The van der Waals surface area contributed by atoms with Gasteiger partial charge in [-0.05, 0) is 73.3 Å². The Kier molecular flexibility index (Phi) is 6.82. The molecule has 1 aliphatic rings. The van der Waals surface area contributed by atoms with Crippen molar-refractivity contribution in [1.82, 2.24) is 10.6 Å². The molecule has 0 atom stereocenters. The predicted octanol–water partition coefficient (Wildman–Crippen LogP) is 4.83. The summed E-state index contributed by atoms with van der Waals surface area (Å²) >= 11 is 3.60. The summed E-state index contributed by atoms with van der Waals surface area (Å²) in [5.74, 6) is 0.605. The Morgan fingerprint density at radius 3 is 2.44 bits per heavy atom. The van der Waals surface area contributed by atoms with E-state index in [0.717, 1.165) is 28.1 Å². The molecule has 2 N–H and O–H groups in total. The van der Waals surface area contributed by atoms with Crippen LogP contribution in [0.3, 0.4) is 0 Å². The summed E-state index contributed by atoms with van der Waals surface area (Å²) in [5.41, 5.74) is 0.00382. The van der Waals surface area contributed by atoms with E-state index in [4.69, 9.17) is 4.74 Å². The summed E-state index contributed by atoms with van der Waals surface area (Å²) < 4.78 is 6.66. The Bertz CT molecular complexity index is 807. The highest BCUT2D eigenvalue weighted by Crippen LogP contribution is 2.33. The molecule has 0 saturated carbocycles. The van der Waals surface area contributed by atoms with Gasteiger partial charge < -0.3 is 15.4 Å². The lowest BCUT2D eigenvalue weighted by molar-refractivity contribution is -0.124. The molecule has 0 radical (unpaired) electrons. The van der Waals surface area contributed by atoms with Crippen molar-refractivity contribution >= 4 is 45.0 Å². The molecule has 2 aromatic carbocycles. The van der Waals surface area contributed by atoms with Gasteiger partial charge in [-0.2, -0.15) is 0 Å². The van der Waals surface area contributed by atoms with E-state index in [-0.39, 0.29) is 42.0 Å². The second kappa shape index (κ2) is 8.38. The minimum atomic E-state index is -0.0800. The number of nitrogens with one attached hydrogen (secondary N) is 2. The molecule has 4 nitrogen and oxygen atoms in total. The number of fused-ring (bicyclic) bond motifs is 1. The minimum Gasteiger partial charge on any atom is -0.483 e. The second-order valence-electron chi connectivity index (χ2n) is 8.45. The van der Waals surface area contributed by atoms with E-state index in [0.29, 0.717) is 5.75 Å². The van der Waals surface area contributed by atoms with Crippen molar-refractivity contribution in [3.8, 4) is 5.75 Å². The van der Waals surface area contributed by atoms with Crippen molar-refractivity contribution < 1.29 is 9.53 Å². The quantitative estimate of drug-likeness (QED) is 0.694. The zero-order valence-electron chi connectivity index (χ0n) is 16.3. The van der Waals surface area contributed by atoms with Gasteiger partial charge in [0.15, 0.2) is 6.61 Å². The van der Waals surface area contributed by atoms with Gasteiger partial charge in [0.05, 0.1) is 4.47 Å². The Labute approximate surface area is 176 Å². The molecule has 0 spiro atoms. The van der Waals surface area contributed by atoms with Gasteiger partial charge in [-0.3, -0.25) is 4.79 Å². The molecule has 1 amide bonds. The van der Waals surface area contributed by atoms with E-state index >= 15 is 0 Å². The number of benzene rings is 2. The molecular weight excluding hydrogens is 428 g/mol. The molecule has 148 valence electrons. The number of halogens is 2. The Morgan fingerprint density at radius 2 is 1.78 bits per heavy atom. The van der Waals surface area contributed by atoms with Crippen molar-refractivity contribution in [1.29, 1.82) is 0 Å². The first-order valence-corrected chi connectivity index (χ1v) is 9.83. The van der Waals surface area contributed by atoms with Crippen molar-refractivity contribution in [2.45, 2.75) is 57.7 Å². The van der Waals surface area contributed by atoms with Crippen LogP contribution in [0.2, 0.25) is 0 Å². The fraction of sp³-hybridized carbons (Fsp3) is 0.476. The van der Waals surface area contributed by atoms with Crippen LogP contribution in [-0.4, -0.2) is 29.6 Å². The van der Waals surface area contributed by atoms with Crippen LogP contribution in [0.25, 0.3) is 10.8 Å². The Hall–Kier alpha value is -1.30. The van der Waals surface area contributed by atoms with Crippen molar-refractivity contribution in [2.24, 2.45) is 0 Å². The van der Waals surface area contributed by atoms with Crippen molar-refractivity contribution in [3.63, 3.8) is 0 Å². The zero-order chi connectivity index (χ0) is 18.9. The highest BCUT2D eigenvalue weighted by Gasteiger charge is 2.38. The van der Waals surface area contributed by atoms with E-state index in [9.17, 15) is 4.79 Å². The normalized spacial score (nSPS) is 18.6. The fourth-order valence-electron chi connectivity index (χ4n) is 4.16. The van der Waals surface area contributed by atoms with Crippen molar-refractivity contribution in [3.05, 3.63) is 40.9 Å². The van der Waals surface area contributed by atoms with Crippen LogP contribution in [0.1, 0.15) is 40.5 Å². The first-order valence-electron chi connectivity index (χ1n) is 9.04. The summed E-state index contributed by atoms with van der Waals surface area (Å²) in [7, 11) is 0. The van der Waals surface area contributed by atoms with E-state index < -0.39 is 0 Å². The van der Waals surface area contributed by atoms with E-state index in [1.54, 1.807) is 0 Å². The van der Waals surface area contributed by atoms with E-state index in [2.05, 4.69) is 60.3 Å². The van der Waals surface area contributed by atoms with Gasteiger partial charge >= 0.3 is 0 Å². The topological polar surface area (TPSA) is 50.4 Å². The van der Waals surface area contributed by atoms with Crippen LogP contribution in [0, 0.1) is 0 Å². The summed E-state index contributed by atoms with van der Waals surface area (Å²) in [4.78, 5) is 12.4. The number of amides is 1. The number of piperidine rings is 1. The van der Waals surface area contributed by atoms with Gasteiger partial charge in [-0.25, -0.2) is 0 Å². The third-order valence-electron chi connectivity index (χ3n) is 4.74. The molecule has 1 heterocycles. The first-order chi connectivity index (χ1) is 12.2. The van der Waals surface area contributed by atoms with Gasteiger partial charge in [0.25, 0.3) is 5.91 Å². The molecule has 0 unspecified atom stereocenters. The highest BCUT2D eigenvalue weighted by molar-refractivity contribution is 9.10. The van der Waals surface area contributed by atoms with Crippen LogP contribution < -0.4 is 15.4 Å². The van der Waals surface area contributed by atoms with Gasteiger partial charge in [-0.15, -0.1) is 12.4 Å². The maximum absolute atomic E-state index is 12.4. The number of carbonyl (C=O) groups is 1. The number of hydrogen-bond donors (Lipinski definition) is 2. The largest absolute Gasteiger partial charge is 0.483 e. The SMILES string of the molecule is CC1(C)CC(NC(=O)COc2ccc3ccccc3c2Br)CC(C)(C)N1.Cl. The fourth-order valence-corrected chi connectivity index (χ4v) is 4.77. The Balaban J connectivity index is 0.00000261. The summed E-state index contributed by atoms with van der Waals surface area (Å²) in [5, 5.41) is 8.98. The first kappa shape index (κ1) is 22.0. The van der Waals surface area contributed by atoms with Gasteiger partial charge in [0.1, 0.15) is 5.75 Å². The average molecular weight is 456 g/mol. The van der Waals surface area contributed by atoms with Gasteiger partial charge in [-0.1, -0.05) is 30.3 Å². The third kappa shape index (κ3) is 5.59. The molecule has 6 heteroatoms. The van der Waals surface area contributed by atoms with E-state index in [1.807, 2.05) is 30.3 Å². The van der Waals surface area contributed by atoms with Gasteiger partial charge in [0, 0.05) is 17.1 Å². The monoisotopic (exact) mass is 454 g/mol. The molecule has 3 rings (SSSR count). The molecule has 0 aromatic heterocycles. The number of carbonyl (C=O) groups excluding carboxylic acids is 1. The molecule has 0 bridgehead atoms. The lowest BCUT2D eigenvalue weighted by Crippen LogP contribution is -2.62. The zero-order valence-corrected chi connectivity index (χ0v) is 18.7. The molecule has 1 fully saturated rings. The summed E-state index contributed by atoms with van der Waals surface area (Å²) in [6.45, 7) is 8.72. The maximum Gasteiger partial charge on any atom is 0.258 e. The van der Waals surface area contributed by atoms with Crippen molar-refractivity contribution in [2.75, 3.05) is 6.61 Å². The third-order valence-corrected chi connectivity index (χ3v) is 5.56. The number of hydrogen-bond acceptors (Lipinski definition) is 3. The molecule has 2 aromatic rings. The molecule has 1 aliphatic heterocycles. The van der Waals surface area contributed by atoms with E-state index in [1.165, 1.54) is 0 Å². The van der Waals surface area contributed by atoms with Crippen LogP contribution in [0.15, 0.2) is 40.9 Å². The second-order valence-corrected chi connectivity index (χ2v) is 9.25. The summed E-state index contributed by atoms with van der Waals surface area (Å²) in [6, 6.07) is 12.1. The molecular formula is C21H28BrClN2O2. The van der Waals surface area contributed by atoms with Crippen LogP contribution in [0.5, 0.6) is 5.75 Å². The maximum atomic E-state index is 12.4. The lowest BCUT2D eigenvalue weighted by atomic mass is 9.79. The molecule has 0 aliphatic carbocycles. The number of rotatable bonds is 4. The van der Waals surface area contributed by atoms with Gasteiger partial charge in [0.2, 0.25) is 0 Å². The lowest BCUT2D eigenvalue weighted by Gasteiger charge is -2.46. The standard InChI is InChI=1S/C21H27BrN2O2.ClH/c1-20(2)11-15(12-21(3,4)24-20)23-18(25)13-26-17-10-9-14-7-5-6-8-16(14)19(17)22;/h5-10,15,24H,11-13H2,1-4H3,(H,23,25);1H. The molecule has 27 heavy (non-hydrogen) atoms. The average Bonchev–Trinajstić information content (AvgIpc) is 2.51. The van der Waals surface area contributed by atoms with Crippen LogP contribution in [0.4, 0.5) is 0 Å². The smallest absolute Gasteiger partial charge is 0.258 e. The van der Waals surface area contributed by atoms with Crippen LogP contribution in [-0.2, 0) is 4.79 Å². The predicted molar refractivity (Wildman–Crippen MR) is 117 cm³/mol. The molecule has 1 saturated heterocycles. The minimum absolute atomic E-state index is 0. The number of ether oxygens (including phenoxy) is 1. The highest BCUT2D eigenvalue weighted by atomic mass is 79.9. The van der Waals surface area contributed by atoms with Crippen LogP contribution >= 0.6 is 28.3 Å². The summed E-state index contributed by atoms with van der Waals surface area (Å²) in [6.07, 6.45) is 1.81.